The van der Waals surface area contributed by atoms with Crippen LogP contribution in [0.3, 0.4) is 0 Å². The molecule has 0 atom stereocenters. The Labute approximate surface area is 594 Å². The standard InChI is InChI=1S/3C23H19N2O.C22H17N2O/c1-14-12-24-23(25(3)13-14)21-15(2)8-9-18-19-10-16-6-4-5-7-17(16)11-20(19)26-22(18)21;1-14-10-15(2)22(19-13-24-8-9-25(19)3)23-21(14)18-11-16-6-4-5-7-17(16)12-20(18)26-23;1-14-8-9-18-19-12-16-6-4-5-7-17(16)13-20(19)26-22(18)21(14)23-24-15(2)10-11-25(23)3;1-14-8-9-17-18-12-15-6-3-4-7-16(15)13-19(18)25-21(17)20(14)22-23-10-5-11-24(22)2/h3*4-13H,1-3H3;3-13H,1-2H3/q4*+1. The molecule has 0 aliphatic carbocycles. The molecule has 0 aliphatic heterocycles. The number of fused-ring (bicyclic) bond motifs is 16. The molecule has 20 aromatic rings. The molecule has 0 aliphatic rings. The first-order valence-electron chi connectivity index (χ1n) is 34.8. The van der Waals surface area contributed by atoms with Crippen LogP contribution in [0, 0.1) is 48.5 Å². The van der Waals surface area contributed by atoms with E-state index in [9.17, 15) is 0 Å². The van der Waals surface area contributed by atoms with Gasteiger partial charge < -0.3 is 17.7 Å². The highest BCUT2D eigenvalue weighted by molar-refractivity contribution is 6.17. The van der Waals surface area contributed by atoms with E-state index in [1.165, 1.54) is 65.0 Å². The lowest BCUT2D eigenvalue weighted by Gasteiger charge is -2.07. The van der Waals surface area contributed by atoms with Gasteiger partial charge in [0, 0.05) is 67.7 Å². The van der Waals surface area contributed by atoms with E-state index in [1.54, 1.807) is 6.20 Å². The number of hydrogen-bond acceptors (Lipinski definition) is 8. The number of hydrogen-bond donors (Lipinski definition) is 0. The number of furan rings is 4. The highest BCUT2D eigenvalue weighted by Crippen LogP contribution is 2.44. The summed E-state index contributed by atoms with van der Waals surface area (Å²) in [6.45, 7) is 14.7. The van der Waals surface area contributed by atoms with Crippen LogP contribution < -0.4 is 18.3 Å². The molecule has 0 saturated heterocycles. The van der Waals surface area contributed by atoms with Gasteiger partial charge in [0.25, 0.3) is 0 Å². The van der Waals surface area contributed by atoms with E-state index in [2.05, 4.69) is 264 Å². The fourth-order valence-electron chi connectivity index (χ4n) is 15.1. The summed E-state index contributed by atoms with van der Waals surface area (Å²) in [5.74, 6) is 2.76. The van der Waals surface area contributed by atoms with Crippen LogP contribution in [0.5, 0.6) is 0 Å². The second-order valence-corrected chi connectivity index (χ2v) is 27.4. The molecule has 12 aromatic carbocycles. The second kappa shape index (κ2) is 25.4. The summed E-state index contributed by atoms with van der Waals surface area (Å²) in [4.78, 5) is 18.4. The fraction of sp³-hybridized carbons (Fsp3) is 0.121. The first kappa shape index (κ1) is 63.6. The Morgan fingerprint density at radius 2 is 0.718 bits per heavy atom. The van der Waals surface area contributed by atoms with Gasteiger partial charge in [-0.25, -0.2) is 13.7 Å². The van der Waals surface area contributed by atoms with Crippen LogP contribution in [0.15, 0.2) is 267 Å². The average molecular weight is 1340 g/mol. The van der Waals surface area contributed by atoms with Gasteiger partial charge in [0.1, 0.15) is 64.0 Å². The van der Waals surface area contributed by atoms with Gasteiger partial charge in [-0.05, 0) is 176 Å². The third-order valence-electron chi connectivity index (χ3n) is 20.2. The Morgan fingerprint density at radius 1 is 0.301 bits per heavy atom. The molecule has 0 spiro atoms. The molecular weight excluding hydrogens is 1270 g/mol. The van der Waals surface area contributed by atoms with E-state index in [0.717, 1.165) is 150 Å². The van der Waals surface area contributed by atoms with Crippen molar-refractivity contribution >= 4 is 131 Å². The third kappa shape index (κ3) is 11.2. The molecule has 0 radical (unpaired) electrons. The molecule has 12 nitrogen and oxygen atoms in total. The summed E-state index contributed by atoms with van der Waals surface area (Å²) in [7, 11) is 8.11. The van der Waals surface area contributed by atoms with Crippen LogP contribution in [0.4, 0.5) is 0 Å². The van der Waals surface area contributed by atoms with Gasteiger partial charge in [0.15, 0.2) is 28.6 Å². The third-order valence-corrected chi connectivity index (χ3v) is 20.2. The molecule has 103 heavy (non-hydrogen) atoms. The van der Waals surface area contributed by atoms with Gasteiger partial charge in [-0.1, -0.05) is 140 Å². The minimum Gasteiger partial charge on any atom is -0.455 e. The fourth-order valence-corrected chi connectivity index (χ4v) is 15.1. The van der Waals surface area contributed by atoms with E-state index in [4.69, 9.17) is 22.7 Å². The topological polar surface area (TPSA) is 120 Å². The normalized spacial score (nSPS) is 11.6. The van der Waals surface area contributed by atoms with E-state index in [-0.39, 0.29) is 0 Å². The maximum Gasteiger partial charge on any atom is 0.334 e. The number of aryl methyl sites for hydroxylation is 11. The van der Waals surface area contributed by atoms with Crippen molar-refractivity contribution in [3.63, 3.8) is 0 Å². The molecule has 0 unspecified atom stereocenters. The molecule has 8 heterocycles. The molecular formula is C91H74N8O4+4. The SMILES string of the molecule is Cc1cc(C)c2c(oc3cc4ccccc4cc32)c1-c1cncc[n+]1C.Cc1cc[n+](C)c(-c2c(C)ccc3c2oc2cc4ccccc4cc23)n1.Cc1ccc2c(oc3cc4ccccc4cc32)c1-c1nccc[n+]1C.Cc1cnc(-c2c(C)ccc3c2oc2cc4ccccc4cc23)[n+](C)c1. The summed E-state index contributed by atoms with van der Waals surface area (Å²) < 4.78 is 33.7. The quantitative estimate of drug-likeness (QED) is 0.160. The van der Waals surface area contributed by atoms with Gasteiger partial charge in [-0.3, -0.25) is 4.98 Å². The van der Waals surface area contributed by atoms with E-state index >= 15 is 0 Å². The minimum atomic E-state index is 0.902. The summed E-state index contributed by atoms with van der Waals surface area (Å²) in [5, 5.41) is 18.9. The van der Waals surface area contributed by atoms with Gasteiger partial charge >= 0.3 is 17.5 Å². The molecule has 0 fully saturated rings. The van der Waals surface area contributed by atoms with Gasteiger partial charge in [0.05, 0.1) is 57.7 Å². The Balaban J connectivity index is 0.000000102. The predicted molar refractivity (Wildman–Crippen MR) is 416 cm³/mol. The van der Waals surface area contributed by atoms with Crippen LogP contribution >= 0.6 is 0 Å². The van der Waals surface area contributed by atoms with Crippen molar-refractivity contribution in [1.29, 1.82) is 0 Å². The summed E-state index contributed by atoms with van der Waals surface area (Å²) in [5.41, 5.74) is 20.7. The van der Waals surface area contributed by atoms with Crippen molar-refractivity contribution in [2.45, 2.75) is 48.5 Å². The van der Waals surface area contributed by atoms with E-state index in [0.29, 0.717) is 0 Å². The van der Waals surface area contributed by atoms with Gasteiger partial charge in [0.2, 0.25) is 5.69 Å². The Kier molecular flexibility index (Phi) is 15.7. The molecule has 0 N–H and O–H groups in total. The Morgan fingerprint density at radius 3 is 1.17 bits per heavy atom. The zero-order valence-electron chi connectivity index (χ0n) is 59.4. The summed E-state index contributed by atoms with van der Waals surface area (Å²) >= 11 is 0. The second-order valence-electron chi connectivity index (χ2n) is 27.4. The predicted octanol–water partition coefficient (Wildman–Crippen LogP) is 20.7. The van der Waals surface area contributed by atoms with Crippen LogP contribution in [0.2, 0.25) is 0 Å². The number of rotatable bonds is 4. The van der Waals surface area contributed by atoms with Crippen molar-refractivity contribution in [3.8, 4) is 45.4 Å². The monoisotopic (exact) mass is 1340 g/mol. The van der Waals surface area contributed by atoms with Crippen LogP contribution in [-0.2, 0) is 28.2 Å². The van der Waals surface area contributed by atoms with Gasteiger partial charge in [-0.15, -0.1) is 0 Å². The molecule has 0 amide bonds. The molecule has 498 valence electrons. The molecule has 0 saturated carbocycles. The maximum absolute atomic E-state index is 6.42. The zero-order chi connectivity index (χ0) is 70.5. The zero-order valence-corrected chi connectivity index (χ0v) is 59.4. The number of nitrogens with zero attached hydrogens (tertiary/aromatic N) is 8. The van der Waals surface area contributed by atoms with E-state index in [1.807, 2.05) is 89.0 Å². The number of aromatic nitrogens is 8. The highest BCUT2D eigenvalue weighted by Gasteiger charge is 2.28. The van der Waals surface area contributed by atoms with Crippen molar-refractivity contribution < 1.29 is 35.9 Å². The molecule has 8 aromatic heterocycles. The van der Waals surface area contributed by atoms with Crippen LogP contribution in [0.25, 0.3) is 176 Å². The van der Waals surface area contributed by atoms with Crippen LogP contribution in [-0.4, -0.2) is 19.9 Å². The van der Waals surface area contributed by atoms with Crippen LogP contribution in [0.1, 0.15) is 39.1 Å². The summed E-state index contributed by atoms with van der Waals surface area (Å²) in [6, 6.07) is 70.2. The lowest BCUT2D eigenvalue weighted by molar-refractivity contribution is -0.663. The maximum atomic E-state index is 6.42. The largest absolute Gasteiger partial charge is 0.455 e. The lowest BCUT2D eigenvalue weighted by Crippen LogP contribution is -2.32. The Bertz CT molecular complexity index is 6860. The molecule has 12 heteroatoms. The van der Waals surface area contributed by atoms with Crippen molar-refractivity contribution in [3.05, 3.63) is 289 Å². The molecule has 20 rings (SSSR count). The highest BCUT2D eigenvalue weighted by atomic mass is 16.3. The minimum absolute atomic E-state index is 0.902. The van der Waals surface area contributed by atoms with Gasteiger partial charge in [-0.2, -0.15) is 4.57 Å². The van der Waals surface area contributed by atoms with Crippen molar-refractivity contribution in [1.82, 2.24) is 19.9 Å². The summed E-state index contributed by atoms with van der Waals surface area (Å²) in [6.07, 6.45) is 15.6. The van der Waals surface area contributed by atoms with Crippen molar-refractivity contribution in [2.75, 3.05) is 0 Å². The average Bonchev–Trinajstić information content (AvgIpc) is 1.63. The Hall–Kier alpha value is -12.8. The van der Waals surface area contributed by atoms with Crippen molar-refractivity contribution in [2.24, 2.45) is 28.2 Å². The first-order chi connectivity index (χ1) is 50.1. The lowest BCUT2D eigenvalue weighted by atomic mass is 9.96. The smallest absolute Gasteiger partial charge is 0.334 e. The number of benzene rings is 12. The first-order valence-corrected chi connectivity index (χ1v) is 34.8. The molecule has 0 bridgehead atoms. The van der Waals surface area contributed by atoms with E-state index < -0.39 is 0 Å².